The van der Waals surface area contributed by atoms with Crippen molar-refractivity contribution < 1.29 is 9.21 Å². The Labute approximate surface area is 140 Å². The van der Waals surface area contributed by atoms with Gasteiger partial charge >= 0.3 is 6.01 Å². The number of anilines is 1. The highest BCUT2D eigenvalue weighted by molar-refractivity contribution is 5.90. The van der Waals surface area contributed by atoms with Crippen LogP contribution in [-0.4, -0.2) is 16.1 Å². The fourth-order valence-corrected chi connectivity index (χ4v) is 2.47. The van der Waals surface area contributed by atoms with Crippen molar-refractivity contribution in [1.29, 1.82) is 0 Å². The van der Waals surface area contributed by atoms with Crippen LogP contribution in [0.3, 0.4) is 0 Å². The van der Waals surface area contributed by atoms with Crippen LogP contribution < -0.4 is 5.32 Å². The fourth-order valence-electron chi connectivity index (χ4n) is 2.47. The van der Waals surface area contributed by atoms with E-state index in [9.17, 15) is 4.79 Å². The van der Waals surface area contributed by atoms with Crippen LogP contribution in [0, 0.1) is 20.8 Å². The van der Waals surface area contributed by atoms with Gasteiger partial charge in [-0.05, 0) is 44.0 Å². The highest BCUT2D eigenvalue weighted by Crippen LogP contribution is 2.20. The van der Waals surface area contributed by atoms with E-state index in [1.54, 1.807) is 0 Å². The first-order valence-electron chi connectivity index (χ1n) is 7.78. The first-order valence-corrected chi connectivity index (χ1v) is 7.78. The maximum Gasteiger partial charge on any atom is 0.322 e. The summed E-state index contributed by atoms with van der Waals surface area (Å²) in [6.07, 6.45) is 0.272. The molecule has 0 radical (unpaired) electrons. The fraction of sp³-hybridized carbons (Fsp3) is 0.211. The highest BCUT2D eigenvalue weighted by atomic mass is 16.4. The Kier molecular flexibility index (Phi) is 4.42. The molecule has 1 amide bonds. The molecule has 0 bridgehead atoms. The molecule has 1 aromatic heterocycles. The molecular formula is C19H19N3O2. The van der Waals surface area contributed by atoms with Crippen LogP contribution in [0.4, 0.5) is 6.01 Å². The van der Waals surface area contributed by atoms with Gasteiger partial charge in [-0.1, -0.05) is 46.6 Å². The van der Waals surface area contributed by atoms with Crippen molar-refractivity contribution in [3.63, 3.8) is 0 Å². The summed E-state index contributed by atoms with van der Waals surface area (Å²) in [7, 11) is 0. The number of hydrogen-bond donors (Lipinski definition) is 1. The summed E-state index contributed by atoms with van der Waals surface area (Å²) < 4.78 is 5.51. The molecule has 0 fully saturated rings. The number of benzene rings is 2. The van der Waals surface area contributed by atoms with Crippen molar-refractivity contribution in [3.8, 4) is 11.5 Å². The molecule has 5 nitrogen and oxygen atoms in total. The average Bonchev–Trinajstić information content (AvgIpc) is 2.99. The van der Waals surface area contributed by atoms with E-state index in [0.29, 0.717) is 5.89 Å². The van der Waals surface area contributed by atoms with Crippen molar-refractivity contribution in [2.24, 2.45) is 0 Å². The minimum atomic E-state index is -0.180. The van der Waals surface area contributed by atoms with Crippen LogP contribution in [0.5, 0.6) is 0 Å². The van der Waals surface area contributed by atoms with Crippen molar-refractivity contribution in [3.05, 3.63) is 64.7 Å². The van der Waals surface area contributed by atoms with E-state index in [-0.39, 0.29) is 18.3 Å². The SMILES string of the molecule is Cc1ccc(-c2nnc(NC(=O)Cc3ccc(C)cc3C)o2)cc1. The van der Waals surface area contributed by atoms with Crippen LogP contribution in [0.2, 0.25) is 0 Å². The number of rotatable bonds is 4. The lowest BCUT2D eigenvalue weighted by Gasteiger charge is -2.06. The van der Waals surface area contributed by atoms with Crippen molar-refractivity contribution in [2.75, 3.05) is 5.32 Å². The zero-order valence-corrected chi connectivity index (χ0v) is 14.0. The summed E-state index contributed by atoms with van der Waals surface area (Å²) in [6.45, 7) is 6.04. The van der Waals surface area contributed by atoms with E-state index in [1.807, 2.05) is 57.2 Å². The van der Waals surface area contributed by atoms with Crippen LogP contribution in [0.15, 0.2) is 46.9 Å². The summed E-state index contributed by atoms with van der Waals surface area (Å²) in [4.78, 5) is 12.2. The quantitative estimate of drug-likeness (QED) is 0.792. The summed E-state index contributed by atoms with van der Waals surface area (Å²) in [6, 6.07) is 13.9. The molecule has 24 heavy (non-hydrogen) atoms. The van der Waals surface area contributed by atoms with Crippen molar-refractivity contribution >= 4 is 11.9 Å². The molecule has 0 saturated carbocycles. The number of carbonyl (C=O) groups is 1. The largest absolute Gasteiger partial charge is 0.403 e. The topological polar surface area (TPSA) is 68.0 Å². The van der Waals surface area contributed by atoms with Gasteiger partial charge in [-0.2, -0.15) is 0 Å². The van der Waals surface area contributed by atoms with Crippen molar-refractivity contribution in [2.45, 2.75) is 27.2 Å². The highest BCUT2D eigenvalue weighted by Gasteiger charge is 2.12. The monoisotopic (exact) mass is 321 g/mol. The van der Waals surface area contributed by atoms with E-state index in [2.05, 4.69) is 21.6 Å². The molecule has 0 aliphatic carbocycles. The number of nitrogens with one attached hydrogen (secondary N) is 1. The van der Waals surface area contributed by atoms with Gasteiger partial charge in [0.1, 0.15) is 0 Å². The van der Waals surface area contributed by atoms with E-state index in [4.69, 9.17) is 4.42 Å². The second-order valence-corrected chi connectivity index (χ2v) is 5.93. The lowest BCUT2D eigenvalue weighted by molar-refractivity contribution is -0.115. The van der Waals surface area contributed by atoms with Gasteiger partial charge in [0.05, 0.1) is 6.42 Å². The Morgan fingerprint density at radius 2 is 1.71 bits per heavy atom. The number of hydrogen-bond acceptors (Lipinski definition) is 4. The average molecular weight is 321 g/mol. The molecule has 0 spiro atoms. The van der Waals surface area contributed by atoms with Gasteiger partial charge in [-0.15, -0.1) is 5.10 Å². The van der Waals surface area contributed by atoms with Gasteiger partial charge in [0.25, 0.3) is 0 Å². The normalized spacial score (nSPS) is 10.6. The Bertz CT molecular complexity index is 867. The number of amides is 1. The number of aromatic nitrogens is 2. The van der Waals surface area contributed by atoms with E-state index in [0.717, 1.165) is 22.3 Å². The summed E-state index contributed by atoms with van der Waals surface area (Å²) >= 11 is 0. The van der Waals surface area contributed by atoms with E-state index >= 15 is 0 Å². The van der Waals surface area contributed by atoms with Crippen LogP contribution >= 0.6 is 0 Å². The summed E-state index contributed by atoms with van der Waals surface area (Å²) in [5, 5.41) is 10.5. The number of aryl methyl sites for hydroxylation is 3. The minimum Gasteiger partial charge on any atom is -0.403 e. The van der Waals surface area contributed by atoms with Gasteiger partial charge in [-0.3, -0.25) is 10.1 Å². The smallest absolute Gasteiger partial charge is 0.322 e. The zero-order chi connectivity index (χ0) is 17.1. The maximum atomic E-state index is 12.2. The molecule has 3 rings (SSSR count). The molecule has 0 saturated heterocycles. The molecule has 0 aliphatic rings. The molecule has 122 valence electrons. The van der Waals surface area contributed by atoms with Crippen molar-refractivity contribution in [1.82, 2.24) is 10.2 Å². The Balaban J connectivity index is 1.68. The van der Waals surface area contributed by atoms with Crippen LogP contribution in [0.1, 0.15) is 22.3 Å². The third-order valence-electron chi connectivity index (χ3n) is 3.82. The van der Waals surface area contributed by atoms with Crippen LogP contribution in [-0.2, 0) is 11.2 Å². The van der Waals surface area contributed by atoms with E-state index < -0.39 is 0 Å². The molecule has 0 unspecified atom stereocenters. The van der Waals surface area contributed by atoms with Gasteiger partial charge in [0, 0.05) is 5.56 Å². The minimum absolute atomic E-state index is 0.111. The lowest BCUT2D eigenvalue weighted by atomic mass is 10.0. The molecule has 0 atom stereocenters. The maximum absolute atomic E-state index is 12.2. The number of carbonyl (C=O) groups excluding carboxylic acids is 1. The second kappa shape index (κ2) is 6.66. The third kappa shape index (κ3) is 3.68. The lowest BCUT2D eigenvalue weighted by Crippen LogP contribution is -2.15. The Hall–Kier alpha value is -2.95. The third-order valence-corrected chi connectivity index (χ3v) is 3.82. The molecular weight excluding hydrogens is 302 g/mol. The van der Waals surface area contributed by atoms with Gasteiger partial charge in [0.15, 0.2) is 0 Å². The number of nitrogens with zero attached hydrogens (tertiary/aromatic N) is 2. The Morgan fingerprint density at radius 1 is 1.00 bits per heavy atom. The first kappa shape index (κ1) is 15.9. The standard InChI is InChI=1S/C19H19N3O2/c1-12-4-7-15(8-5-12)18-21-22-19(24-18)20-17(23)11-16-9-6-13(2)10-14(16)3/h4-10H,11H2,1-3H3,(H,20,22,23). The first-order chi connectivity index (χ1) is 11.5. The molecule has 3 aromatic rings. The molecule has 1 heterocycles. The molecule has 5 heteroatoms. The summed E-state index contributed by atoms with van der Waals surface area (Å²) in [5.41, 5.74) is 5.23. The molecule has 2 aromatic carbocycles. The van der Waals surface area contributed by atoms with E-state index in [1.165, 1.54) is 5.56 Å². The van der Waals surface area contributed by atoms with Crippen LogP contribution in [0.25, 0.3) is 11.5 Å². The predicted molar refractivity (Wildman–Crippen MR) is 92.7 cm³/mol. The predicted octanol–water partition coefficient (Wildman–Crippen LogP) is 3.84. The van der Waals surface area contributed by atoms with Gasteiger partial charge < -0.3 is 4.42 Å². The van der Waals surface area contributed by atoms with Gasteiger partial charge in [0.2, 0.25) is 11.8 Å². The molecule has 0 aliphatic heterocycles. The molecule has 1 N–H and O–H groups in total. The second-order valence-electron chi connectivity index (χ2n) is 5.93. The van der Waals surface area contributed by atoms with Gasteiger partial charge in [-0.25, -0.2) is 0 Å². The summed E-state index contributed by atoms with van der Waals surface area (Å²) in [5.74, 6) is 0.206. The zero-order valence-electron chi connectivity index (χ0n) is 14.0. The Morgan fingerprint density at radius 3 is 2.42 bits per heavy atom.